The van der Waals surface area contributed by atoms with Crippen molar-refractivity contribution in [3.8, 4) is 0 Å². The minimum absolute atomic E-state index is 0.120. The van der Waals surface area contributed by atoms with Crippen molar-refractivity contribution in [2.75, 3.05) is 5.32 Å². The van der Waals surface area contributed by atoms with Gasteiger partial charge in [0.1, 0.15) is 0 Å². The van der Waals surface area contributed by atoms with E-state index in [0.29, 0.717) is 10.7 Å². The van der Waals surface area contributed by atoms with Crippen LogP contribution in [0.1, 0.15) is 33.6 Å². The third-order valence-electron chi connectivity index (χ3n) is 4.96. The van der Waals surface area contributed by atoms with Gasteiger partial charge in [0.2, 0.25) is 0 Å². The zero-order valence-electron chi connectivity index (χ0n) is 15.1. The maximum Gasteiger partial charge on any atom is 0.258 e. The molecule has 0 atom stereocenters. The predicted molar refractivity (Wildman–Crippen MR) is 114 cm³/mol. The van der Waals surface area contributed by atoms with Gasteiger partial charge in [-0.25, -0.2) is 9.97 Å². The molecule has 2 aromatic carbocycles. The quantitative estimate of drug-likeness (QED) is 0.513. The maximum absolute atomic E-state index is 13.2. The molecule has 0 radical (unpaired) electrons. The molecule has 0 unspecified atom stereocenters. The van der Waals surface area contributed by atoms with Crippen molar-refractivity contribution >= 4 is 44.9 Å². The van der Waals surface area contributed by atoms with E-state index in [-0.39, 0.29) is 5.91 Å². The molecule has 1 N–H and O–H groups in total. The molecule has 5 heteroatoms. The number of rotatable bonds is 3. The van der Waals surface area contributed by atoms with Crippen LogP contribution >= 0.6 is 11.3 Å². The number of allylic oxidation sites excluding steroid dienone is 1. The fourth-order valence-corrected chi connectivity index (χ4v) is 4.26. The van der Waals surface area contributed by atoms with E-state index in [1.54, 1.807) is 6.20 Å². The van der Waals surface area contributed by atoms with Crippen molar-refractivity contribution in [2.45, 2.75) is 12.8 Å². The van der Waals surface area contributed by atoms with E-state index in [1.807, 2.05) is 47.8 Å². The molecule has 4 aromatic rings. The average molecular weight is 383 g/mol. The first-order valence-electron chi connectivity index (χ1n) is 9.18. The first kappa shape index (κ1) is 16.8. The lowest BCUT2D eigenvalue weighted by molar-refractivity contribution is 0.102. The molecule has 0 spiro atoms. The van der Waals surface area contributed by atoms with Crippen LogP contribution in [0, 0.1) is 0 Å². The number of amides is 1. The van der Waals surface area contributed by atoms with Gasteiger partial charge >= 0.3 is 0 Å². The Hall–Kier alpha value is -3.31. The van der Waals surface area contributed by atoms with Gasteiger partial charge in [-0.3, -0.25) is 10.1 Å². The number of carbonyl (C=O) groups excluding carboxylic acids is 1. The van der Waals surface area contributed by atoms with Crippen molar-refractivity contribution in [1.82, 2.24) is 9.97 Å². The van der Waals surface area contributed by atoms with E-state index in [4.69, 9.17) is 4.98 Å². The number of anilines is 1. The molecule has 0 bridgehead atoms. The number of nitrogens with zero attached hydrogens (tertiary/aromatic N) is 2. The number of hydrogen-bond acceptors (Lipinski definition) is 4. The van der Waals surface area contributed by atoms with Gasteiger partial charge in [-0.2, -0.15) is 0 Å². The topological polar surface area (TPSA) is 54.9 Å². The number of thiazole rings is 1. The van der Waals surface area contributed by atoms with Crippen LogP contribution in [0.2, 0.25) is 0 Å². The lowest BCUT2D eigenvalue weighted by Gasteiger charge is -2.12. The van der Waals surface area contributed by atoms with Gasteiger partial charge in [0, 0.05) is 17.0 Å². The summed E-state index contributed by atoms with van der Waals surface area (Å²) in [5.41, 5.74) is 5.84. The second kappa shape index (κ2) is 7.02. The summed E-state index contributed by atoms with van der Waals surface area (Å²) in [6.45, 7) is 0. The Labute approximate surface area is 166 Å². The Morgan fingerprint density at radius 2 is 1.86 bits per heavy atom. The summed E-state index contributed by atoms with van der Waals surface area (Å²) >= 11 is 1.42. The molecule has 2 aromatic heterocycles. The molecule has 1 aliphatic rings. The van der Waals surface area contributed by atoms with Crippen molar-refractivity contribution in [3.05, 3.63) is 88.6 Å². The number of fused-ring (bicyclic) bond motifs is 2. The molecule has 5 rings (SSSR count). The molecule has 4 nitrogen and oxygen atoms in total. The fourth-order valence-electron chi connectivity index (χ4n) is 3.73. The minimum atomic E-state index is -0.120. The maximum atomic E-state index is 13.2. The zero-order chi connectivity index (χ0) is 18.9. The Balaban J connectivity index is 1.66. The van der Waals surface area contributed by atoms with Gasteiger partial charge in [0.25, 0.3) is 5.91 Å². The summed E-state index contributed by atoms with van der Waals surface area (Å²) in [6.07, 6.45) is 5.56. The highest BCUT2D eigenvalue weighted by atomic mass is 32.1. The summed E-state index contributed by atoms with van der Waals surface area (Å²) in [4.78, 5) is 22.3. The van der Waals surface area contributed by atoms with Gasteiger partial charge < -0.3 is 0 Å². The molecule has 2 heterocycles. The molecule has 1 amide bonds. The molecule has 0 saturated heterocycles. The Morgan fingerprint density at radius 1 is 1.04 bits per heavy atom. The van der Waals surface area contributed by atoms with Crippen molar-refractivity contribution < 1.29 is 4.79 Å². The average Bonchev–Trinajstić information content (AvgIpc) is 3.37. The van der Waals surface area contributed by atoms with Crippen LogP contribution < -0.4 is 5.32 Å². The number of benzene rings is 2. The Kier molecular flexibility index (Phi) is 4.22. The lowest BCUT2D eigenvalue weighted by Crippen LogP contribution is -2.15. The third kappa shape index (κ3) is 3.00. The summed E-state index contributed by atoms with van der Waals surface area (Å²) in [5.74, 6) is -0.120. The Bertz CT molecular complexity index is 1200. The first-order valence-corrected chi connectivity index (χ1v) is 10.1. The van der Waals surface area contributed by atoms with E-state index in [2.05, 4.69) is 28.5 Å². The lowest BCUT2D eigenvalue weighted by atomic mass is 10.00. The zero-order valence-corrected chi connectivity index (χ0v) is 15.9. The van der Waals surface area contributed by atoms with E-state index in [0.717, 1.165) is 40.6 Å². The summed E-state index contributed by atoms with van der Waals surface area (Å²) < 4.78 is 0. The molecular weight excluding hydrogens is 366 g/mol. The van der Waals surface area contributed by atoms with Crippen LogP contribution in [-0.4, -0.2) is 15.9 Å². The molecule has 0 fully saturated rings. The molecule has 28 heavy (non-hydrogen) atoms. The Morgan fingerprint density at radius 3 is 2.68 bits per heavy atom. The van der Waals surface area contributed by atoms with E-state index < -0.39 is 0 Å². The third-order valence-corrected chi connectivity index (χ3v) is 5.65. The van der Waals surface area contributed by atoms with Crippen molar-refractivity contribution in [1.29, 1.82) is 0 Å². The van der Waals surface area contributed by atoms with E-state index >= 15 is 0 Å². The van der Waals surface area contributed by atoms with Gasteiger partial charge in [-0.05, 0) is 41.7 Å². The van der Waals surface area contributed by atoms with Crippen LogP contribution in [0.3, 0.4) is 0 Å². The second-order valence-electron chi connectivity index (χ2n) is 6.70. The van der Waals surface area contributed by atoms with E-state index in [1.165, 1.54) is 16.9 Å². The molecule has 136 valence electrons. The predicted octanol–water partition coefficient (Wildman–Crippen LogP) is 5.43. The highest BCUT2D eigenvalue weighted by Crippen LogP contribution is 2.37. The standard InChI is InChI=1S/C23H17N3OS/c27-22(26-23-24-12-13-28-23)20-17-8-4-5-9-19(17)25-21-16(10-11-18(20)21)14-15-6-2-1-3-7-15/h1-9,12-14H,10-11H2,(H,24,26,27)/b16-14-. The number of aromatic nitrogens is 2. The van der Waals surface area contributed by atoms with Gasteiger partial charge in [0.05, 0.1) is 16.8 Å². The highest BCUT2D eigenvalue weighted by Gasteiger charge is 2.27. The minimum Gasteiger partial charge on any atom is -0.298 e. The number of para-hydroxylation sites is 1. The monoisotopic (exact) mass is 383 g/mol. The molecule has 0 aliphatic heterocycles. The van der Waals surface area contributed by atoms with Crippen LogP contribution in [0.5, 0.6) is 0 Å². The van der Waals surface area contributed by atoms with Crippen LogP contribution in [0.15, 0.2) is 66.2 Å². The SMILES string of the molecule is O=C(Nc1nccs1)c1c2c(nc3ccccc13)/C(=C\c1ccccc1)CC2. The molecular formula is C23H17N3OS. The van der Waals surface area contributed by atoms with Gasteiger partial charge in [-0.1, -0.05) is 48.5 Å². The van der Waals surface area contributed by atoms with Crippen LogP contribution in [0.4, 0.5) is 5.13 Å². The molecule has 0 saturated carbocycles. The summed E-state index contributed by atoms with van der Waals surface area (Å²) in [6, 6.07) is 18.1. The second-order valence-corrected chi connectivity index (χ2v) is 7.60. The smallest absolute Gasteiger partial charge is 0.258 e. The number of pyridine rings is 1. The number of hydrogen-bond donors (Lipinski definition) is 1. The van der Waals surface area contributed by atoms with Gasteiger partial charge in [-0.15, -0.1) is 11.3 Å². The normalized spacial score (nSPS) is 14.4. The largest absolute Gasteiger partial charge is 0.298 e. The fraction of sp³-hybridized carbons (Fsp3) is 0.0870. The number of nitrogens with one attached hydrogen (secondary N) is 1. The summed E-state index contributed by atoms with van der Waals surface area (Å²) in [5, 5.41) is 6.29. The van der Waals surface area contributed by atoms with Gasteiger partial charge in [0.15, 0.2) is 5.13 Å². The number of carbonyl (C=O) groups is 1. The van der Waals surface area contributed by atoms with E-state index in [9.17, 15) is 4.79 Å². The van der Waals surface area contributed by atoms with Crippen LogP contribution in [0.25, 0.3) is 22.6 Å². The molecule has 1 aliphatic carbocycles. The first-order chi connectivity index (χ1) is 13.8. The summed E-state index contributed by atoms with van der Waals surface area (Å²) in [7, 11) is 0. The van der Waals surface area contributed by atoms with Crippen LogP contribution in [-0.2, 0) is 6.42 Å². The highest BCUT2D eigenvalue weighted by molar-refractivity contribution is 7.13. The van der Waals surface area contributed by atoms with Crippen molar-refractivity contribution in [3.63, 3.8) is 0 Å². The van der Waals surface area contributed by atoms with Crippen molar-refractivity contribution in [2.24, 2.45) is 0 Å².